The molecule has 0 atom stereocenters. The van der Waals surface area contributed by atoms with Crippen molar-refractivity contribution >= 4 is 29.0 Å². The van der Waals surface area contributed by atoms with Crippen molar-refractivity contribution in [1.29, 1.82) is 0 Å². The zero-order chi connectivity index (χ0) is 21.6. The number of hydrogen-bond acceptors (Lipinski definition) is 6. The highest BCUT2D eigenvalue weighted by Gasteiger charge is 2.09. The van der Waals surface area contributed by atoms with Crippen LogP contribution >= 0.6 is 11.6 Å². The van der Waals surface area contributed by atoms with Gasteiger partial charge in [0.25, 0.3) is 0 Å². The van der Waals surface area contributed by atoms with Gasteiger partial charge in [0.15, 0.2) is 16.7 Å². The Labute approximate surface area is 183 Å². The lowest BCUT2D eigenvalue weighted by Gasteiger charge is -2.07. The molecular weight excluding hydrogens is 420 g/mol. The van der Waals surface area contributed by atoms with Crippen LogP contribution in [0, 0.1) is 0 Å². The first kappa shape index (κ1) is 20.4. The molecule has 0 aliphatic carbocycles. The summed E-state index contributed by atoms with van der Waals surface area (Å²) >= 11 is 6.00. The lowest BCUT2D eigenvalue weighted by atomic mass is 10.1. The molecule has 4 aromatic heterocycles. The number of anilines is 1. The maximum atomic E-state index is 12.1. The second kappa shape index (κ2) is 9.31. The van der Waals surface area contributed by atoms with Gasteiger partial charge in [-0.05, 0) is 35.9 Å². The predicted octanol–water partition coefficient (Wildman–Crippen LogP) is 3.65. The molecule has 0 aliphatic heterocycles. The van der Waals surface area contributed by atoms with Crippen LogP contribution in [0.1, 0.15) is 0 Å². The highest BCUT2D eigenvalue weighted by atomic mass is 35.5. The minimum absolute atomic E-state index is 0.306. The topological polar surface area (TPSA) is 103 Å². The maximum absolute atomic E-state index is 12.1. The Kier molecular flexibility index (Phi) is 6.13. The number of carbonyl (C=O) groups is 1. The molecule has 9 nitrogen and oxygen atoms in total. The van der Waals surface area contributed by atoms with Crippen LogP contribution in [-0.2, 0) is 0 Å². The van der Waals surface area contributed by atoms with Gasteiger partial charge in [-0.15, -0.1) is 5.10 Å². The first-order chi connectivity index (χ1) is 15.1. The summed E-state index contributed by atoms with van der Waals surface area (Å²) in [7, 11) is 1.54. The van der Waals surface area contributed by atoms with Crippen molar-refractivity contribution in [2.24, 2.45) is 0 Å². The third-order valence-electron chi connectivity index (χ3n) is 4.36. The van der Waals surface area contributed by atoms with E-state index in [9.17, 15) is 4.79 Å². The number of carbonyl (C=O) groups excluding carboxylic acids is 1. The van der Waals surface area contributed by atoms with Crippen LogP contribution in [0.5, 0.6) is 11.5 Å². The molecule has 0 saturated carbocycles. The molecule has 31 heavy (non-hydrogen) atoms. The first-order valence-corrected chi connectivity index (χ1v) is 9.77. The summed E-state index contributed by atoms with van der Waals surface area (Å²) in [5.74, 6) is 1.57. The van der Waals surface area contributed by atoms with Gasteiger partial charge in [0.2, 0.25) is 0 Å². The molecule has 10 heteroatoms. The molecule has 0 spiro atoms. The second-order valence-corrected chi connectivity index (χ2v) is 6.81. The van der Waals surface area contributed by atoms with Crippen molar-refractivity contribution < 1.29 is 14.3 Å². The molecule has 0 unspecified atom stereocenters. The lowest BCUT2D eigenvalue weighted by molar-refractivity contribution is 0.247. The molecule has 4 heterocycles. The standard InChI is InChI=1S/C21H19ClN6O3/c1-30-18-10-15(12-25-20(18)22)14-4-7-28-16(9-14)11-19(27-28)26-21(29)24-6-8-31-17-3-2-5-23-13-17/h2-5,7,9-13H,6,8H2,1H3,(H2,24,26,27,29). The number of urea groups is 1. The van der Waals surface area contributed by atoms with Crippen LogP contribution in [0.4, 0.5) is 10.6 Å². The lowest BCUT2D eigenvalue weighted by Crippen LogP contribution is -2.32. The second-order valence-electron chi connectivity index (χ2n) is 6.45. The number of nitrogens with zero attached hydrogens (tertiary/aromatic N) is 4. The number of methoxy groups -OCH3 is 1. The van der Waals surface area contributed by atoms with Gasteiger partial charge in [0, 0.05) is 30.2 Å². The fourth-order valence-corrected chi connectivity index (χ4v) is 3.07. The summed E-state index contributed by atoms with van der Waals surface area (Å²) in [6, 6.07) is 10.6. The molecule has 0 saturated heterocycles. The van der Waals surface area contributed by atoms with Gasteiger partial charge in [-0.3, -0.25) is 10.3 Å². The Morgan fingerprint density at radius 1 is 1.19 bits per heavy atom. The number of ether oxygens (including phenoxy) is 2. The Morgan fingerprint density at radius 2 is 2.10 bits per heavy atom. The predicted molar refractivity (Wildman–Crippen MR) is 117 cm³/mol. The number of pyridine rings is 3. The summed E-state index contributed by atoms with van der Waals surface area (Å²) in [4.78, 5) is 20.2. The zero-order valence-corrected chi connectivity index (χ0v) is 17.3. The summed E-state index contributed by atoms with van der Waals surface area (Å²) in [5, 5.41) is 10.1. The Hall–Kier alpha value is -3.85. The Balaban J connectivity index is 1.37. The van der Waals surface area contributed by atoms with Crippen LogP contribution in [0.15, 0.2) is 61.2 Å². The molecule has 2 amide bonds. The fraction of sp³-hybridized carbons (Fsp3) is 0.143. The van der Waals surface area contributed by atoms with Crippen LogP contribution in [0.3, 0.4) is 0 Å². The third kappa shape index (κ3) is 5.01. The molecule has 4 rings (SSSR count). The Bertz CT molecular complexity index is 1200. The van der Waals surface area contributed by atoms with E-state index in [1.54, 1.807) is 54.6 Å². The van der Waals surface area contributed by atoms with Gasteiger partial charge < -0.3 is 14.8 Å². The molecule has 0 aromatic carbocycles. The quantitative estimate of drug-likeness (QED) is 0.337. The van der Waals surface area contributed by atoms with Crippen LogP contribution in [0.25, 0.3) is 16.6 Å². The number of hydrogen-bond donors (Lipinski definition) is 2. The molecule has 2 N–H and O–H groups in total. The SMILES string of the molecule is COc1cc(-c2ccn3nc(NC(=O)NCCOc4cccnc4)cc3c2)cnc1Cl. The van der Waals surface area contributed by atoms with Crippen LogP contribution in [-0.4, -0.2) is 45.9 Å². The van der Waals surface area contributed by atoms with Gasteiger partial charge in [-0.25, -0.2) is 14.3 Å². The number of aromatic nitrogens is 4. The van der Waals surface area contributed by atoms with Crippen molar-refractivity contribution in [3.8, 4) is 22.6 Å². The largest absolute Gasteiger partial charge is 0.494 e. The Morgan fingerprint density at radius 3 is 2.90 bits per heavy atom. The smallest absolute Gasteiger partial charge is 0.320 e. The van der Waals surface area contributed by atoms with E-state index in [1.165, 1.54) is 0 Å². The van der Waals surface area contributed by atoms with E-state index in [2.05, 4.69) is 25.7 Å². The maximum Gasteiger partial charge on any atom is 0.320 e. The molecular formula is C21H19ClN6O3. The summed E-state index contributed by atoms with van der Waals surface area (Å²) < 4.78 is 12.4. The van der Waals surface area contributed by atoms with E-state index in [0.29, 0.717) is 35.6 Å². The summed E-state index contributed by atoms with van der Waals surface area (Å²) in [6.07, 6.45) is 6.75. The highest BCUT2D eigenvalue weighted by Crippen LogP contribution is 2.29. The monoisotopic (exact) mass is 438 g/mol. The fourth-order valence-electron chi connectivity index (χ4n) is 2.89. The van der Waals surface area contributed by atoms with Crippen molar-refractivity contribution in [3.05, 3.63) is 66.3 Å². The molecule has 158 valence electrons. The number of fused-ring (bicyclic) bond motifs is 1. The van der Waals surface area contributed by atoms with Gasteiger partial charge in [-0.2, -0.15) is 0 Å². The molecule has 0 bridgehead atoms. The average Bonchev–Trinajstić information content (AvgIpc) is 3.19. The normalized spacial score (nSPS) is 10.6. The number of amides is 2. The minimum Gasteiger partial charge on any atom is -0.494 e. The first-order valence-electron chi connectivity index (χ1n) is 9.39. The van der Waals surface area contributed by atoms with E-state index in [4.69, 9.17) is 21.1 Å². The van der Waals surface area contributed by atoms with Gasteiger partial charge in [0.05, 0.1) is 25.4 Å². The van der Waals surface area contributed by atoms with Crippen molar-refractivity contribution in [3.63, 3.8) is 0 Å². The third-order valence-corrected chi connectivity index (χ3v) is 4.64. The number of rotatable bonds is 7. The molecule has 0 aliphatic rings. The minimum atomic E-state index is -0.370. The van der Waals surface area contributed by atoms with E-state index in [1.807, 2.05) is 18.2 Å². The van der Waals surface area contributed by atoms with Crippen molar-refractivity contribution in [1.82, 2.24) is 24.9 Å². The van der Waals surface area contributed by atoms with E-state index in [0.717, 1.165) is 16.6 Å². The molecule has 0 radical (unpaired) electrons. The summed E-state index contributed by atoms with van der Waals surface area (Å²) in [5.41, 5.74) is 2.57. The van der Waals surface area contributed by atoms with Crippen LogP contribution < -0.4 is 20.1 Å². The summed E-state index contributed by atoms with van der Waals surface area (Å²) in [6.45, 7) is 0.663. The van der Waals surface area contributed by atoms with E-state index >= 15 is 0 Å². The van der Waals surface area contributed by atoms with E-state index < -0.39 is 0 Å². The molecule has 4 aromatic rings. The number of nitrogens with one attached hydrogen (secondary N) is 2. The van der Waals surface area contributed by atoms with Gasteiger partial charge >= 0.3 is 6.03 Å². The van der Waals surface area contributed by atoms with E-state index in [-0.39, 0.29) is 6.03 Å². The van der Waals surface area contributed by atoms with Crippen molar-refractivity contribution in [2.45, 2.75) is 0 Å². The van der Waals surface area contributed by atoms with Gasteiger partial charge in [-0.1, -0.05) is 11.6 Å². The zero-order valence-electron chi connectivity index (χ0n) is 16.6. The van der Waals surface area contributed by atoms with Crippen LogP contribution in [0.2, 0.25) is 5.15 Å². The van der Waals surface area contributed by atoms with Crippen molar-refractivity contribution in [2.75, 3.05) is 25.6 Å². The van der Waals surface area contributed by atoms with Gasteiger partial charge in [0.1, 0.15) is 12.4 Å². The number of halogens is 1. The average molecular weight is 439 g/mol. The highest BCUT2D eigenvalue weighted by molar-refractivity contribution is 6.30. The molecule has 0 fully saturated rings.